The Labute approximate surface area is 136 Å². The summed E-state index contributed by atoms with van der Waals surface area (Å²) in [6, 6.07) is 6.31. The van der Waals surface area contributed by atoms with Crippen LogP contribution >= 0.6 is 12.4 Å². The first kappa shape index (κ1) is 18.4. The molecule has 0 radical (unpaired) electrons. The molecule has 2 N–H and O–H groups in total. The second kappa shape index (κ2) is 7.56. The highest BCUT2D eigenvalue weighted by molar-refractivity contribution is 5.85. The van der Waals surface area contributed by atoms with Crippen LogP contribution in [0.2, 0.25) is 0 Å². The van der Waals surface area contributed by atoms with Gasteiger partial charge in [-0.1, -0.05) is 0 Å². The number of rotatable bonds is 4. The van der Waals surface area contributed by atoms with E-state index < -0.39 is 10.5 Å². The Morgan fingerprint density at radius 2 is 2.00 bits per heavy atom. The Morgan fingerprint density at radius 3 is 2.50 bits per heavy atom. The summed E-state index contributed by atoms with van der Waals surface area (Å²) < 4.78 is 0. The van der Waals surface area contributed by atoms with E-state index in [0.717, 1.165) is 24.9 Å². The number of nitrogens with zero attached hydrogens (tertiary/aromatic N) is 1. The molecule has 1 amide bonds. The van der Waals surface area contributed by atoms with Gasteiger partial charge in [-0.25, -0.2) is 0 Å². The van der Waals surface area contributed by atoms with Crippen LogP contribution in [-0.2, 0) is 10.3 Å². The van der Waals surface area contributed by atoms with E-state index in [1.165, 1.54) is 12.1 Å². The largest absolute Gasteiger partial charge is 0.347 e. The molecule has 1 saturated heterocycles. The van der Waals surface area contributed by atoms with Crippen molar-refractivity contribution in [2.45, 2.75) is 32.2 Å². The molecule has 22 heavy (non-hydrogen) atoms. The highest BCUT2D eigenvalue weighted by Gasteiger charge is 2.28. The van der Waals surface area contributed by atoms with Gasteiger partial charge >= 0.3 is 0 Å². The monoisotopic (exact) mass is 327 g/mol. The zero-order valence-corrected chi connectivity index (χ0v) is 13.6. The molecular formula is C15H22ClN3O3. The zero-order valence-electron chi connectivity index (χ0n) is 12.8. The lowest BCUT2D eigenvalue weighted by Gasteiger charge is -2.30. The molecule has 1 fully saturated rings. The fraction of sp³-hybridized carbons (Fsp3) is 0.533. The molecule has 6 nitrogen and oxygen atoms in total. The van der Waals surface area contributed by atoms with Crippen molar-refractivity contribution >= 4 is 24.0 Å². The topological polar surface area (TPSA) is 84.3 Å². The molecule has 2 rings (SSSR count). The average Bonchev–Trinajstić information content (AvgIpc) is 2.48. The molecule has 7 heteroatoms. The summed E-state index contributed by atoms with van der Waals surface area (Å²) >= 11 is 0. The van der Waals surface area contributed by atoms with E-state index in [2.05, 4.69) is 10.6 Å². The van der Waals surface area contributed by atoms with Crippen LogP contribution in [0.25, 0.3) is 0 Å². The molecule has 0 aliphatic carbocycles. The first-order valence-electron chi connectivity index (χ1n) is 7.18. The van der Waals surface area contributed by atoms with Crippen molar-refractivity contribution in [3.05, 3.63) is 39.9 Å². The first-order chi connectivity index (χ1) is 9.90. The van der Waals surface area contributed by atoms with Gasteiger partial charge in [0.25, 0.3) is 5.69 Å². The maximum atomic E-state index is 12.3. The fourth-order valence-corrected chi connectivity index (χ4v) is 2.56. The Morgan fingerprint density at radius 1 is 1.36 bits per heavy atom. The molecule has 0 aromatic heterocycles. The van der Waals surface area contributed by atoms with Crippen molar-refractivity contribution in [3.63, 3.8) is 0 Å². The molecule has 1 unspecified atom stereocenters. The zero-order chi connectivity index (χ0) is 15.5. The molecule has 1 aliphatic heterocycles. The van der Waals surface area contributed by atoms with Crippen LogP contribution < -0.4 is 10.6 Å². The van der Waals surface area contributed by atoms with E-state index in [4.69, 9.17) is 0 Å². The van der Waals surface area contributed by atoms with E-state index in [9.17, 15) is 14.9 Å². The summed E-state index contributed by atoms with van der Waals surface area (Å²) in [5, 5.41) is 16.9. The SMILES string of the molecule is CC(C)(NC(=O)C1CCCNC1)c1ccc([N+](=O)[O-])cc1.Cl. The number of hydrogen-bond donors (Lipinski definition) is 2. The molecule has 0 spiro atoms. The maximum absolute atomic E-state index is 12.3. The van der Waals surface area contributed by atoms with Crippen molar-refractivity contribution in [2.75, 3.05) is 13.1 Å². The number of hydrogen-bond acceptors (Lipinski definition) is 4. The number of non-ortho nitro benzene ring substituents is 1. The maximum Gasteiger partial charge on any atom is 0.269 e. The Kier molecular flexibility index (Phi) is 6.32. The van der Waals surface area contributed by atoms with Crippen LogP contribution in [0.5, 0.6) is 0 Å². The van der Waals surface area contributed by atoms with Crippen molar-refractivity contribution in [1.29, 1.82) is 0 Å². The van der Waals surface area contributed by atoms with Crippen LogP contribution in [-0.4, -0.2) is 23.9 Å². The minimum atomic E-state index is -0.552. The number of benzene rings is 1. The van der Waals surface area contributed by atoms with Crippen molar-refractivity contribution in [2.24, 2.45) is 5.92 Å². The van der Waals surface area contributed by atoms with Crippen LogP contribution in [0, 0.1) is 16.0 Å². The van der Waals surface area contributed by atoms with Gasteiger partial charge in [0.2, 0.25) is 5.91 Å². The third kappa shape index (κ3) is 4.42. The number of carbonyl (C=O) groups is 1. The lowest BCUT2D eigenvalue weighted by atomic mass is 9.91. The lowest BCUT2D eigenvalue weighted by molar-refractivity contribution is -0.384. The number of halogens is 1. The standard InChI is InChI=1S/C15H21N3O3.ClH/c1-15(2,12-5-7-13(8-6-12)18(20)21)17-14(19)11-4-3-9-16-10-11;/h5-8,11,16H,3-4,9-10H2,1-2H3,(H,17,19);1H. The van der Waals surface area contributed by atoms with Crippen LogP contribution in [0.15, 0.2) is 24.3 Å². The number of piperidine rings is 1. The van der Waals surface area contributed by atoms with Crippen molar-refractivity contribution in [1.82, 2.24) is 10.6 Å². The van der Waals surface area contributed by atoms with E-state index >= 15 is 0 Å². The second-order valence-corrected chi connectivity index (χ2v) is 5.96. The van der Waals surface area contributed by atoms with Gasteiger partial charge in [-0.3, -0.25) is 14.9 Å². The normalized spacial score (nSPS) is 18.2. The van der Waals surface area contributed by atoms with Crippen molar-refractivity contribution in [3.8, 4) is 0 Å². The fourth-order valence-electron chi connectivity index (χ4n) is 2.56. The number of nitro groups is 1. The van der Waals surface area contributed by atoms with Gasteiger partial charge in [-0.15, -0.1) is 12.4 Å². The van der Waals surface area contributed by atoms with Gasteiger partial charge in [0.1, 0.15) is 0 Å². The summed E-state index contributed by atoms with van der Waals surface area (Å²) in [4.78, 5) is 22.6. The lowest BCUT2D eigenvalue weighted by Crippen LogP contribution is -2.47. The Bertz CT molecular complexity index is 525. The predicted molar refractivity (Wildman–Crippen MR) is 87.1 cm³/mol. The Hall–Kier alpha value is -1.66. The summed E-state index contributed by atoms with van der Waals surface area (Å²) in [5.74, 6) is 0.0293. The summed E-state index contributed by atoms with van der Waals surface area (Å²) in [6.45, 7) is 5.49. The molecule has 1 aromatic rings. The van der Waals surface area contributed by atoms with E-state index in [1.807, 2.05) is 13.8 Å². The Balaban J connectivity index is 0.00000242. The predicted octanol–water partition coefficient (Wildman–Crippen LogP) is 2.37. The molecule has 122 valence electrons. The summed E-state index contributed by atoms with van der Waals surface area (Å²) in [5.41, 5.74) is 0.353. The molecule has 1 heterocycles. The van der Waals surface area contributed by atoms with Crippen LogP contribution in [0.3, 0.4) is 0 Å². The van der Waals surface area contributed by atoms with Gasteiger partial charge < -0.3 is 10.6 Å². The molecule has 1 atom stereocenters. The average molecular weight is 328 g/mol. The summed E-state index contributed by atoms with van der Waals surface area (Å²) in [6.07, 6.45) is 1.91. The third-order valence-electron chi connectivity index (χ3n) is 3.90. The number of carbonyl (C=O) groups excluding carboxylic acids is 1. The minimum absolute atomic E-state index is 0. The van der Waals surface area contributed by atoms with Crippen LogP contribution in [0.1, 0.15) is 32.3 Å². The van der Waals surface area contributed by atoms with Gasteiger partial charge in [-0.05, 0) is 50.9 Å². The smallest absolute Gasteiger partial charge is 0.269 e. The molecule has 0 bridgehead atoms. The quantitative estimate of drug-likeness (QED) is 0.657. The van der Waals surface area contributed by atoms with Gasteiger partial charge in [0, 0.05) is 18.7 Å². The van der Waals surface area contributed by atoms with E-state index in [-0.39, 0.29) is 29.9 Å². The molecule has 1 aromatic carbocycles. The number of nitrogens with one attached hydrogen (secondary N) is 2. The van der Waals surface area contributed by atoms with E-state index in [0.29, 0.717) is 6.54 Å². The number of amides is 1. The highest BCUT2D eigenvalue weighted by atomic mass is 35.5. The second-order valence-electron chi connectivity index (χ2n) is 5.96. The first-order valence-corrected chi connectivity index (χ1v) is 7.18. The summed E-state index contributed by atoms with van der Waals surface area (Å²) in [7, 11) is 0. The van der Waals surface area contributed by atoms with Gasteiger partial charge in [0.05, 0.1) is 16.4 Å². The van der Waals surface area contributed by atoms with Gasteiger partial charge in [0.15, 0.2) is 0 Å². The molecule has 1 aliphatic rings. The van der Waals surface area contributed by atoms with Gasteiger partial charge in [-0.2, -0.15) is 0 Å². The molecular weight excluding hydrogens is 306 g/mol. The van der Waals surface area contributed by atoms with Crippen LogP contribution in [0.4, 0.5) is 5.69 Å². The molecule has 0 saturated carbocycles. The number of nitro benzene ring substituents is 1. The van der Waals surface area contributed by atoms with E-state index in [1.54, 1.807) is 12.1 Å². The highest BCUT2D eigenvalue weighted by Crippen LogP contribution is 2.24. The van der Waals surface area contributed by atoms with Crippen molar-refractivity contribution < 1.29 is 9.72 Å². The minimum Gasteiger partial charge on any atom is -0.347 e. The third-order valence-corrected chi connectivity index (χ3v) is 3.90.